The number of amides is 2. The molecule has 0 saturated heterocycles. The molecule has 0 aliphatic heterocycles. The Kier molecular flexibility index (Phi) is 10.2. The van der Waals surface area contributed by atoms with Gasteiger partial charge in [-0.15, -0.1) is 0 Å². The van der Waals surface area contributed by atoms with E-state index in [2.05, 4.69) is 5.32 Å². The summed E-state index contributed by atoms with van der Waals surface area (Å²) in [4.78, 5) is 38.5. The van der Waals surface area contributed by atoms with Gasteiger partial charge in [-0.05, 0) is 43.0 Å². The van der Waals surface area contributed by atoms with E-state index in [1.54, 1.807) is 38.1 Å². The van der Waals surface area contributed by atoms with E-state index in [-0.39, 0.29) is 23.8 Å². The van der Waals surface area contributed by atoms with Crippen LogP contribution in [0, 0.1) is 17.0 Å². The van der Waals surface area contributed by atoms with Crippen molar-refractivity contribution >= 4 is 44.8 Å². The van der Waals surface area contributed by atoms with Gasteiger partial charge in [0.15, 0.2) is 0 Å². The zero-order valence-corrected chi connectivity index (χ0v) is 22.3. The van der Waals surface area contributed by atoms with Crippen molar-refractivity contribution in [3.8, 4) is 0 Å². The number of hydrogen-bond acceptors (Lipinski definition) is 6. The summed E-state index contributed by atoms with van der Waals surface area (Å²) >= 11 is 5.98. The third kappa shape index (κ3) is 7.66. The number of nitrogens with zero attached hydrogens (tertiary/aromatic N) is 3. The molecule has 0 aromatic heterocycles. The number of non-ortho nitro benzene ring substituents is 1. The van der Waals surface area contributed by atoms with E-state index in [1.807, 2.05) is 6.92 Å². The maximum atomic E-state index is 13.6. The molecule has 2 aromatic carbocycles. The molecule has 196 valence electrons. The first-order chi connectivity index (χ1) is 16.9. The van der Waals surface area contributed by atoms with Gasteiger partial charge >= 0.3 is 0 Å². The topological polar surface area (TPSA) is 130 Å². The molecular formula is C24H31ClN4O6S. The number of sulfonamides is 1. The molecule has 0 aliphatic rings. The lowest BCUT2D eigenvalue weighted by molar-refractivity contribution is -0.384. The van der Waals surface area contributed by atoms with Gasteiger partial charge in [-0.2, -0.15) is 0 Å². The Morgan fingerprint density at radius 1 is 1.14 bits per heavy atom. The van der Waals surface area contributed by atoms with E-state index >= 15 is 0 Å². The number of carbonyl (C=O) groups is 2. The minimum atomic E-state index is -4.01. The molecule has 0 bridgehead atoms. The summed E-state index contributed by atoms with van der Waals surface area (Å²) in [5, 5.41) is 14.6. The van der Waals surface area contributed by atoms with Crippen LogP contribution in [0.3, 0.4) is 0 Å². The lowest BCUT2D eigenvalue weighted by Gasteiger charge is -2.33. The largest absolute Gasteiger partial charge is 0.354 e. The van der Waals surface area contributed by atoms with Crippen molar-refractivity contribution in [2.75, 3.05) is 23.7 Å². The van der Waals surface area contributed by atoms with Crippen LogP contribution >= 0.6 is 11.6 Å². The van der Waals surface area contributed by atoms with Crippen LogP contribution in [0.4, 0.5) is 11.4 Å². The molecule has 1 N–H and O–H groups in total. The molecule has 2 aromatic rings. The fraction of sp³-hybridized carbons (Fsp3) is 0.417. The van der Waals surface area contributed by atoms with Gasteiger partial charge in [0, 0.05) is 30.2 Å². The molecule has 0 fully saturated rings. The second kappa shape index (κ2) is 12.7. The number of nitrogens with one attached hydrogen (secondary N) is 1. The lowest BCUT2D eigenvalue weighted by Crippen LogP contribution is -2.52. The molecule has 2 rings (SSSR count). The summed E-state index contributed by atoms with van der Waals surface area (Å²) in [5.41, 5.74) is 0.859. The molecule has 12 heteroatoms. The second-order valence-electron chi connectivity index (χ2n) is 8.36. The van der Waals surface area contributed by atoms with Gasteiger partial charge in [0.1, 0.15) is 12.6 Å². The summed E-state index contributed by atoms with van der Waals surface area (Å²) in [5.74, 6) is -0.973. The van der Waals surface area contributed by atoms with Gasteiger partial charge in [0.2, 0.25) is 21.8 Å². The van der Waals surface area contributed by atoms with Crippen molar-refractivity contribution in [1.29, 1.82) is 0 Å². The van der Waals surface area contributed by atoms with Gasteiger partial charge < -0.3 is 10.2 Å². The van der Waals surface area contributed by atoms with Crippen molar-refractivity contribution < 1.29 is 22.9 Å². The van der Waals surface area contributed by atoms with Crippen LogP contribution in [0.5, 0.6) is 0 Å². The first kappa shape index (κ1) is 29.1. The van der Waals surface area contributed by atoms with Crippen molar-refractivity contribution in [3.63, 3.8) is 0 Å². The van der Waals surface area contributed by atoms with Gasteiger partial charge in [-0.25, -0.2) is 8.42 Å². The summed E-state index contributed by atoms with van der Waals surface area (Å²) in [6.45, 7) is 5.10. The van der Waals surface area contributed by atoms with Crippen LogP contribution in [0.25, 0.3) is 0 Å². The van der Waals surface area contributed by atoms with Gasteiger partial charge in [-0.3, -0.25) is 24.0 Å². The lowest BCUT2D eigenvalue weighted by atomic mass is 10.1. The maximum Gasteiger partial charge on any atom is 0.271 e. The molecule has 2 amide bonds. The highest BCUT2D eigenvalue weighted by molar-refractivity contribution is 7.92. The normalized spacial score (nSPS) is 12.0. The van der Waals surface area contributed by atoms with Crippen LogP contribution in [0.1, 0.15) is 37.8 Å². The zero-order valence-electron chi connectivity index (χ0n) is 20.7. The molecule has 0 radical (unpaired) electrons. The average molecular weight is 539 g/mol. The van der Waals surface area contributed by atoms with E-state index in [9.17, 15) is 28.1 Å². The highest BCUT2D eigenvalue weighted by Gasteiger charge is 2.32. The van der Waals surface area contributed by atoms with Gasteiger partial charge in [0.25, 0.3) is 5.69 Å². The number of carbonyl (C=O) groups excluding carboxylic acids is 2. The first-order valence-corrected chi connectivity index (χ1v) is 13.7. The van der Waals surface area contributed by atoms with E-state index in [1.165, 1.54) is 17.0 Å². The number of nitro benzene ring substituents is 1. The molecule has 36 heavy (non-hydrogen) atoms. The molecule has 10 nitrogen and oxygen atoms in total. The predicted octanol–water partition coefficient (Wildman–Crippen LogP) is 3.66. The maximum absolute atomic E-state index is 13.6. The van der Waals surface area contributed by atoms with Crippen LogP contribution in [0.2, 0.25) is 5.02 Å². The van der Waals surface area contributed by atoms with E-state index in [0.29, 0.717) is 35.5 Å². The van der Waals surface area contributed by atoms with Crippen LogP contribution < -0.4 is 9.62 Å². The molecule has 0 aliphatic carbocycles. The number of hydrogen-bond donors (Lipinski definition) is 1. The van der Waals surface area contributed by atoms with Gasteiger partial charge in [-0.1, -0.05) is 43.6 Å². The Hall–Kier alpha value is -3.18. The molecule has 0 unspecified atom stereocenters. The molecule has 0 saturated carbocycles. The fourth-order valence-electron chi connectivity index (χ4n) is 3.65. The van der Waals surface area contributed by atoms with Crippen molar-refractivity contribution in [2.24, 2.45) is 0 Å². The second-order valence-corrected chi connectivity index (χ2v) is 10.7. The minimum Gasteiger partial charge on any atom is -0.354 e. The average Bonchev–Trinajstić information content (AvgIpc) is 2.81. The smallest absolute Gasteiger partial charge is 0.271 e. The highest BCUT2D eigenvalue weighted by atomic mass is 35.5. The van der Waals surface area contributed by atoms with Crippen LogP contribution in [-0.2, 0) is 26.2 Å². The Morgan fingerprint density at radius 3 is 2.31 bits per heavy atom. The Labute approximate surface area is 216 Å². The number of nitro groups is 1. The summed E-state index contributed by atoms with van der Waals surface area (Å²) < 4.78 is 26.3. The third-order valence-corrected chi connectivity index (χ3v) is 6.93. The molecule has 0 heterocycles. The number of halogens is 1. The minimum absolute atomic E-state index is 0.0231. The zero-order chi connectivity index (χ0) is 27.0. The Morgan fingerprint density at radius 2 is 1.78 bits per heavy atom. The highest BCUT2D eigenvalue weighted by Crippen LogP contribution is 2.28. The third-order valence-electron chi connectivity index (χ3n) is 5.55. The number of anilines is 1. The SMILES string of the molecule is CCCNC(=O)[C@H](CC)N(Cc1ccc(Cl)cc1)C(=O)CN(c1cc([N+](=O)[O-])ccc1C)S(C)(=O)=O. The van der Waals surface area contributed by atoms with Crippen molar-refractivity contribution in [3.05, 3.63) is 68.7 Å². The summed E-state index contributed by atoms with van der Waals surface area (Å²) in [6.07, 6.45) is 1.93. The van der Waals surface area contributed by atoms with E-state index in [0.717, 1.165) is 16.6 Å². The van der Waals surface area contributed by atoms with E-state index < -0.39 is 33.4 Å². The molecular weight excluding hydrogens is 508 g/mol. The van der Waals surface area contributed by atoms with Gasteiger partial charge in [0.05, 0.1) is 16.9 Å². The van der Waals surface area contributed by atoms with E-state index in [4.69, 9.17) is 11.6 Å². The summed E-state index contributed by atoms with van der Waals surface area (Å²) in [6, 6.07) is 9.72. The monoisotopic (exact) mass is 538 g/mol. The quantitative estimate of drug-likeness (QED) is 0.324. The number of benzene rings is 2. The first-order valence-electron chi connectivity index (χ1n) is 11.4. The Balaban J connectivity index is 2.50. The standard InChI is InChI=1S/C24H31ClN4O6S/c1-5-13-26-24(31)21(6-2)27(15-18-8-10-19(25)11-9-18)23(30)16-28(36(4,34)35)22-14-20(29(32)33)12-7-17(22)3/h7-12,14,21H,5-6,13,15-16H2,1-4H3,(H,26,31)/t21-/m0/s1. The number of rotatable bonds is 12. The molecule has 0 spiro atoms. The predicted molar refractivity (Wildman–Crippen MR) is 139 cm³/mol. The number of aryl methyl sites for hydroxylation is 1. The van der Waals surface area contributed by atoms with Crippen molar-refractivity contribution in [2.45, 2.75) is 46.2 Å². The molecule has 1 atom stereocenters. The van der Waals surface area contributed by atoms with Crippen LogP contribution in [-0.4, -0.2) is 55.4 Å². The Bertz CT molecular complexity index is 1200. The summed E-state index contributed by atoms with van der Waals surface area (Å²) in [7, 11) is -4.01. The fourth-order valence-corrected chi connectivity index (χ4v) is 4.67. The van der Waals surface area contributed by atoms with Crippen LogP contribution in [0.15, 0.2) is 42.5 Å². The van der Waals surface area contributed by atoms with Crippen molar-refractivity contribution in [1.82, 2.24) is 10.2 Å².